The van der Waals surface area contributed by atoms with Gasteiger partial charge < -0.3 is 15.5 Å². The smallest absolute Gasteiger partial charge is 0.339 e. The molecule has 6 heteroatoms. The van der Waals surface area contributed by atoms with Gasteiger partial charge in [-0.15, -0.1) is 0 Å². The van der Waals surface area contributed by atoms with E-state index in [2.05, 4.69) is 10.3 Å². The van der Waals surface area contributed by atoms with Crippen LogP contribution in [0.1, 0.15) is 26.3 Å². The van der Waals surface area contributed by atoms with Crippen molar-refractivity contribution in [3.8, 4) is 0 Å². The predicted octanol–water partition coefficient (Wildman–Crippen LogP) is 2.09. The van der Waals surface area contributed by atoms with Gasteiger partial charge in [0.15, 0.2) is 0 Å². The molecular formula is C14H12N2O4. The highest BCUT2D eigenvalue weighted by Gasteiger charge is 2.15. The Morgan fingerprint density at radius 2 is 1.80 bits per heavy atom. The molecule has 0 aliphatic heterocycles. The summed E-state index contributed by atoms with van der Waals surface area (Å²) in [5.41, 5.74) is 0.640. The fraction of sp³-hybridized carbons (Fsp3) is 0.0714. The second-order valence-corrected chi connectivity index (χ2v) is 4.07. The number of carbonyl (C=O) groups is 2. The average Bonchev–Trinajstić information content (AvgIpc) is 2.45. The lowest BCUT2D eigenvalue weighted by atomic mass is 10.1. The second-order valence-electron chi connectivity index (χ2n) is 4.07. The number of hydrogen-bond donors (Lipinski definition) is 3. The minimum Gasteiger partial charge on any atom is -0.478 e. The van der Waals surface area contributed by atoms with E-state index in [0.717, 1.165) is 17.8 Å². The first kappa shape index (κ1) is 13.5. The molecule has 3 N–H and O–H groups in total. The van der Waals surface area contributed by atoms with E-state index in [-0.39, 0.29) is 16.9 Å². The minimum absolute atomic E-state index is 0.145. The van der Waals surface area contributed by atoms with E-state index < -0.39 is 11.9 Å². The Labute approximate surface area is 114 Å². The van der Waals surface area contributed by atoms with E-state index >= 15 is 0 Å². The van der Waals surface area contributed by atoms with E-state index in [1.165, 1.54) is 0 Å². The van der Waals surface area contributed by atoms with Gasteiger partial charge in [0.1, 0.15) is 11.4 Å². The first-order valence-corrected chi connectivity index (χ1v) is 5.82. The number of aromatic carboxylic acids is 2. The number of nitrogens with zero attached hydrogens (tertiary/aromatic N) is 1. The van der Waals surface area contributed by atoms with Crippen LogP contribution in [0.5, 0.6) is 0 Å². The molecule has 102 valence electrons. The van der Waals surface area contributed by atoms with Crippen LogP contribution in [0.25, 0.3) is 0 Å². The van der Waals surface area contributed by atoms with Crippen molar-refractivity contribution in [2.24, 2.45) is 0 Å². The van der Waals surface area contributed by atoms with E-state index in [1.807, 2.05) is 30.3 Å². The summed E-state index contributed by atoms with van der Waals surface area (Å²) in [5.74, 6) is -2.29. The first-order chi connectivity index (χ1) is 9.58. The number of pyridine rings is 1. The lowest BCUT2D eigenvalue weighted by Crippen LogP contribution is -2.10. The van der Waals surface area contributed by atoms with Crippen LogP contribution in [-0.2, 0) is 6.54 Å². The van der Waals surface area contributed by atoms with E-state index in [9.17, 15) is 9.59 Å². The molecule has 20 heavy (non-hydrogen) atoms. The van der Waals surface area contributed by atoms with Crippen molar-refractivity contribution in [3.63, 3.8) is 0 Å². The highest BCUT2D eigenvalue weighted by Crippen LogP contribution is 2.15. The lowest BCUT2D eigenvalue weighted by molar-refractivity contribution is 0.0696. The van der Waals surface area contributed by atoms with Crippen LogP contribution in [0.2, 0.25) is 0 Å². The SMILES string of the molecule is O=C(O)c1cnc(NCc2ccccc2)c(C(=O)O)c1. The van der Waals surface area contributed by atoms with Crippen LogP contribution in [-0.4, -0.2) is 27.1 Å². The van der Waals surface area contributed by atoms with Gasteiger partial charge in [-0.05, 0) is 11.6 Å². The number of rotatable bonds is 5. The van der Waals surface area contributed by atoms with Gasteiger partial charge in [0.2, 0.25) is 0 Å². The van der Waals surface area contributed by atoms with Gasteiger partial charge in [0.05, 0.1) is 5.56 Å². The largest absolute Gasteiger partial charge is 0.478 e. The number of carboxylic acids is 2. The monoisotopic (exact) mass is 272 g/mol. The molecule has 2 aromatic rings. The van der Waals surface area contributed by atoms with Crippen molar-refractivity contribution in [2.45, 2.75) is 6.54 Å². The molecule has 0 aliphatic carbocycles. The Bertz CT molecular complexity index is 641. The molecule has 0 bridgehead atoms. The second kappa shape index (κ2) is 5.83. The van der Waals surface area contributed by atoms with Crippen LogP contribution in [0.15, 0.2) is 42.6 Å². The van der Waals surface area contributed by atoms with Gasteiger partial charge in [0, 0.05) is 12.7 Å². The van der Waals surface area contributed by atoms with Gasteiger partial charge in [-0.1, -0.05) is 30.3 Å². The topological polar surface area (TPSA) is 99.5 Å². The molecule has 0 atom stereocenters. The molecule has 6 nitrogen and oxygen atoms in total. The number of nitrogens with one attached hydrogen (secondary N) is 1. The summed E-state index contributed by atoms with van der Waals surface area (Å²) in [4.78, 5) is 25.8. The van der Waals surface area contributed by atoms with Crippen LogP contribution < -0.4 is 5.32 Å². The molecule has 0 unspecified atom stereocenters. The molecular weight excluding hydrogens is 260 g/mol. The predicted molar refractivity (Wildman–Crippen MR) is 71.9 cm³/mol. The van der Waals surface area contributed by atoms with Crippen LogP contribution in [0.3, 0.4) is 0 Å². The minimum atomic E-state index is -1.23. The molecule has 1 heterocycles. The summed E-state index contributed by atoms with van der Waals surface area (Å²) in [6, 6.07) is 10.5. The van der Waals surface area contributed by atoms with Crippen molar-refractivity contribution >= 4 is 17.8 Å². The van der Waals surface area contributed by atoms with Crippen molar-refractivity contribution in [3.05, 3.63) is 59.3 Å². The maximum absolute atomic E-state index is 11.1. The molecule has 2 rings (SSSR count). The third kappa shape index (κ3) is 3.11. The van der Waals surface area contributed by atoms with Crippen LogP contribution >= 0.6 is 0 Å². The Balaban J connectivity index is 2.23. The van der Waals surface area contributed by atoms with Gasteiger partial charge in [-0.2, -0.15) is 0 Å². The summed E-state index contributed by atoms with van der Waals surface area (Å²) in [6.45, 7) is 0.403. The first-order valence-electron chi connectivity index (χ1n) is 5.82. The number of carboxylic acid groups (broad SMARTS) is 2. The maximum Gasteiger partial charge on any atom is 0.339 e. The zero-order valence-electron chi connectivity index (χ0n) is 10.4. The lowest BCUT2D eigenvalue weighted by Gasteiger charge is -2.09. The molecule has 1 aromatic heterocycles. The molecule has 0 saturated carbocycles. The van der Waals surface area contributed by atoms with Gasteiger partial charge in [0.25, 0.3) is 0 Å². The van der Waals surface area contributed by atoms with Crippen molar-refractivity contribution in [2.75, 3.05) is 5.32 Å². The molecule has 0 aliphatic rings. The highest BCUT2D eigenvalue weighted by atomic mass is 16.4. The summed E-state index contributed by atoms with van der Waals surface area (Å²) >= 11 is 0. The fourth-order valence-electron chi connectivity index (χ4n) is 1.67. The molecule has 1 aromatic carbocycles. The van der Waals surface area contributed by atoms with Crippen molar-refractivity contribution < 1.29 is 19.8 Å². The highest BCUT2D eigenvalue weighted by molar-refractivity contribution is 5.97. The van der Waals surface area contributed by atoms with Crippen molar-refractivity contribution in [1.29, 1.82) is 0 Å². The van der Waals surface area contributed by atoms with Crippen molar-refractivity contribution in [1.82, 2.24) is 4.98 Å². The average molecular weight is 272 g/mol. The zero-order chi connectivity index (χ0) is 14.5. The normalized spacial score (nSPS) is 10.0. The van der Waals surface area contributed by atoms with Gasteiger partial charge in [-0.3, -0.25) is 0 Å². The van der Waals surface area contributed by atoms with Crippen LogP contribution in [0, 0.1) is 0 Å². The third-order valence-electron chi connectivity index (χ3n) is 2.67. The Morgan fingerprint density at radius 1 is 1.10 bits per heavy atom. The standard InChI is InChI=1S/C14H12N2O4/c17-13(18)10-6-11(14(19)20)12(16-8-10)15-7-9-4-2-1-3-5-9/h1-6,8H,7H2,(H,15,16)(H,17,18)(H,19,20). The van der Waals surface area contributed by atoms with Gasteiger partial charge >= 0.3 is 11.9 Å². The molecule has 0 spiro atoms. The molecule has 0 fully saturated rings. The van der Waals surface area contributed by atoms with Crippen LogP contribution in [0.4, 0.5) is 5.82 Å². The summed E-state index contributed by atoms with van der Waals surface area (Å²) in [5, 5.41) is 20.8. The maximum atomic E-state index is 11.1. The zero-order valence-corrected chi connectivity index (χ0v) is 10.4. The summed E-state index contributed by atoms with van der Waals surface area (Å²) in [6.07, 6.45) is 1.13. The quantitative estimate of drug-likeness (QED) is 0.770. The number of aromatic nitrogens is 1. The number of anilines is 1. The van der Waals surface area contributed by atoms with Gasteiger partial charge in [-0.25, -0.2) is 14.6 Å². The fourth-order valence-corrected chi connectivity index (χ4v) is 1.67. The summed E-state index contributed by atoms with van der Waals surface area (Å²) < 4.78 is 0. The number of hydrogen-bond acceptors (Lipinski definition) is 4. The van der Waals surface area contributed by atoms with E-state index in [0.29, 0.717) is 6.54 Å². The molecule has 0 radical (unpaired) electrons. The Kier molecular flexibility index (Phi) is 3.95. The Morgan fingerprint density at radius 3 is 2.40 bits per heavy atom. The number of benzene rings is 1. The third-order valence-corrected chi connectivity index (χ3v) is 2.67. The Hall–Kier alpha value is -2.89. The summed E-state index contributed by atoms with van der Waals surface area (Å²) in [7, 11) is 0. The van der Waals surface area contributed by atoms with E-state index in [1.54, 1.807) is 0 Å². The molecule has 0 saturated heterocycles. The van der Waals surface area contributed by atoms with E-state index in [4.69, 9.17) is 10.2 Å². The molecule has 0 amide bonds.